The summed E-state index contributed by atoms with van der Waals surface area (Å²) in [6.07, 6.45) is 4.07. The van der Waals surface area contributed by atoms with E-state index < -0.39 is 0 Å². The molecule has 3 N–H and O–H groups in total. The van der Waals surface area contributed by atoms with Gasteiger partial charge in [0, 0.05) is 56.0 Å². The topological polar surface area (TPSA) is 108 Å². The molecule has 35 heavy (non-hydrogen) atoms. The normalized spacial score (nSPS) is 17.2. The van der Waals surface area contributed by atoms with Crippen LogP contribution in [0.2, 0.25) is 0 Å². The number of aromatic amines is 1. The summed E-state index contributed by atoms with van der Waals surface area (Å²) in [5, 5.41) is 4.39. The molecule has 5 rings (SSSR count). The number of fused-ring (bicyclic) bond motifs is 2. The summed E-state index contributed by atoms with van der Waals surface area (Å²) in [4.78, 5) is 29.1. The van der Waals surface area contributed by atoms with Gasteiger partial charge in [0.05, 0.1) is 16.7 Å². The predicted octanol–water partition coefficient (Wildman–Crippen LogP) is 3.40. The molecule has 0 spiro atoms. The Kier molecular flexibility index (Phi) is 5.96. The van der Waals surface area contributed by atoms with Crippen LogP contribution in [-0.4, -0.2) is 67.6 Å². The van der Waals surface area contributed by atoms with Crippen LogP contribution in [-0.2, 0) is 4.79 Å². The largest absolute Gasteiger partial charge is 0.370 e. The number of H-pyrrole nitrogens is 1. The van der Waals surface area contributed by atoms with Crippen LogP contribution < -0.4 is 10.6 Å². The summed E-state index contributed by atoms with van der Waals surface area (Å²) in [6.45, 7) is 14.3. The maximum Gasteiger partial charge on any atom is 0.218 e. The van der Waals surface area contributed by atoms with Crippen LogP contribution in [0.5, 0.6) is 0 Å². The van der Waals surface area contributed by atoms with Crippen LogP contribution in [0.3, 0.4) is 0 Å². The molecule has 4 aromatic heterocycles. The maximum atomic E-state index is 11.2. The Morgan fingerprint density at radius 2 is 2.03 bits per heavy atom. The van der Waals surface area contributed by atoms with Crippen LogP contribution >= 0.6 is 0 Å². The Balaban J connectivity index is 1.53. The molecule has 1 aliphatic heterocycles. The third-order valence-electron chi connectivity index (χ3n) is 7.32. The first-order valence-corrected chi connectivity index (χ1v) is 12.3. The molecule has 5 heterocycles. The summed E-state index contributed by atoms with van der Waals surface area (Å²) in [6, 6.07) is 4.55. The number of nitrogens with one attached hydrogen (secondary N) is 1. The summed E-state index contributed by atoms with van der Waals surface area (Å²) >= 11 is 0. The minimum atomic E-state index is -0.245. The number of nitrogens with two attached hydrogens (primary N) is 1. The number of carbonyl (C=O) groups excluding carboxylic acids is 1. The van der Waals surface area contributed by atoms with Crippen molar-refractivity contribution in [2.75, 3.05) is 31.1 Å². The molecule has 0 unspecified atom stereocenters. The molecule has 9 heteroatoms. The van der Waals surface area contributed by atoms with E-state index in [-0.39, 0.29) is 11.8 Å². The fourth-order valence-corrected chi connectivity index (χ4v) is 5.31. The summed E-state index contributed by atoms with van der Waals surface area (Å²) in [7, 11) is 0. The van der Waals surface area contributed by atoms with Crippen LogP contribution in [0.25, 0.3) is 27.9 Å². The quantitative estimate of drug-likeness (QED) is 0.443. The molecule has 0 radical (unpaired) electrons. The number of aryl methyl sites for hydroxylation is 1. The van der Waals surface area contributed by atoms with E-state index in [1.807, 2.05) is 4.52 Å². The fraction of sp³-hybridized carbons (Fsp3) is 0.462. The number of primary amides is 1. The Hall–Kier alpha value is -3.46. The van der Waals surface area contributed by atoms with Crippen molar-refractivity contribution in [1.82, 2.24) is 29.5 Å². The van der Waals surface area contributed by atoms with Gasteiger partial charge in [-0.25, -0.2) is 14.5 Å². The van der Waals surface area contributed by atoms with Gasteiger partial charge >= 0.3 is 0 Å². The number of amides is 1. The molecule has 4 aromatic rings. The Bertz CT molecular complexity index is 1400. The highest BCUT2D eigenvalue weighted by molar-refractivity contribution is 5.90. The zero-order chi connectivity index (χ0) is 24.9. The smallest absolute Gasteiger partial charge is 0.218 e. The highest BCUT2D eigenvalue weighted by Crippen LogP contribution is 2.38. The van der Waals surface area contributed by atoms with E-state index in [9.17, 15) is 4.79 Å². The molecule has 0 bridgehead atoms. The number of aromatic nitrogens is 5. The first-order chi connectivity index (χ1) is 16.7. The molecule has 1 saturated heterocycles. The molecule has 0 aliphatic carbocycles. The second kappa shape index (κ2) is 8.96. The highest BCUT2D eigenvalue weighted by Gasteiger charge is 2.26. The van der Waals surface area contributed by atoms with E-state index in [0.717, 1.165) is 59.0 Å². The van der Waals surface area contributed by atoms with Gasteiger partial charge in [-0.2, -0.15) is 5.10 Å². The lowest BCUT2D eigenvalue weighted by Gasteiger charge is -2.40. The summed E-state index contributed by atoms with van der Waals surface area (Å²) in [5.74, 6) is 1.03. The minimum absolute atomic E-state index is 0.245. The number of rotatable bonds is 6. The molecular weight excluding hydrogens is 440 g/mol. The zero-order valence-electron chi connectivity index (χ0n) is 21.2. The van der Waals surface area contributed by atoms with Crippen molar-refractivity contribution in [3.05, 3.63) is 41.3 Å². The molecule has 0 saturated carbocycles. The molecule has 1 atom stereocenters. The van der Waals surface area contributed by atoms with Crippen molar-refractivity contribution in [2.24, 2.45) is 5.73 Å². The van der Waals surface area contributed by atoms with Crippen molar-refractivity contribution in [1.29, 1.82) is 0 Å². The van der Waals surface area contributed by atoms with Gasteiger partial charge in [0.2, 0.25) is 5.91 Å². The SMILES string of the molecule is Cc1c(-c2[nH]c3ccc(N4CCN(CCC(N)=O)C[C@H]4C)nc3c2C(C)C)cn2ncnc2c1C. The van der Waals surface area contributed by atoms with E-state index in [0.29, 0.717) is 19.0 Å². The third kappa shape index (κ3) is 4.14. The number of nitrogens with zero attached hydrogens (tertiary/aromatic N) is 6. The van der Waals surface area contributed by atoms with Gasteiger partial charge in [-0.15, -0.1) is 0 Å². The second-order valence-electron chi connectivity index (χ2n) is 10.0. The molecule has 1 fully saturated rings. The van der Waals surface area contributed by atoms with Crippen molar-refractivity contribution in [3.8, 4) is 11.3 Å². The van der Waals surface area contributed by atoms with E-state index in [4.69, 9.17) is 10.7 Å². The number of piperazine rings is 1. The van der Waals surface area contributed by atoms with Crippen molar-refractivity contribution >= 4 is 28.4 Å². The number of anilines is 1. The zero-order valence-corrected chi connectivity index (χ0v) is 21.2. The lowest BCUT2D eigenvalue weighted by molar-refractivity contribution is -0.118. The van der Waals surface area contributed by atoms with Gasteiger partial charge in [-0.05, 0) is 49.9 Å². The van der Waals surface area contributed by atoms with Crippen LogP contribution in [0.1, 0.15) is 49.8 Å². The lowest BCUT2D eigenvalue weighted by Crippen LogP contribution is -2.52. The number of pyridine rings is 2. The Morgan fingerprint density at radius 1 is 1.23 bits per heavy atom. The molecule has 9 nitrogen and oxygen atoms in total. The first kappa shape index (κ1) is 23.3. The van der Waals surface area contributed by atoms with Gasteiger partial charge < -0.3 is 15.6 Å². The average molecular weight is 475 g/mol. The second-order valence-corrected chi connectivity index (χ2v) is 10.0. The molecule has 184 valence electrons. The van der Waals surface area contributed by atoms with Crippen molar-refractivity contribution in [3.63, 3.8) is 0 Å². The van der Waals surface area contributed by atoms with Gasteiger partial charge in [-0.1, -0.05) is 13.8 Å². The molecular formula is C26H34N8O. The van der Waals surface area contributed by atoms with Gasteiger partial charge in [0.15, 0.2) is 5.65 Å². The Labute approximate surface area is 205 Å². The van der Waals surface area contributed by atoms with E-state index in [1.165, 1.54) is 11.1 Å². The first-order valence-electron chi connectivity index (χ1n) is 12.3. The Morgan fingerprint density at radius 3 is 2.74 bits per heavy atom. The average Bonchev–Trinajstić information content (AvgIpc) is 3.44. The molecule has 1 aliphatic rings. The van der Waals surface area contributed by atoms with Crippen LogP contribution in [0.15, 0.2) is 24.7 Å². The standard InChI is InChI=1S/C26H34N8O/c1-15(2)23-24(19-13-34-26(28-14-29-34)18(5)17(19)4)30-20-6-7-22(31-25(20)23)33-11-10-32(12-16(33)3)9-8-21(27)35/h6-7,13-16,30H,8-12H2,1-5H3,(H2,27,35)/t16-/m1/s1. The van der Waals surface area contributed by atoms with Crippen molar-refractivity contribution < 1.29 is 4.79 Å². The van der Waals surface area contributed by atoms with Gasteiger partial charge in [0.1, 0.15) is 12.1 Å². The van der Waals surface area contributed by atoms with E-state index in [2.05, 4.69) is 77.8 Å². The third-order valence-corrected chi connectivity index (χ3v) is 7.32. The number of hydrogen-bond donors (Lipinski definition) is 2. The fourth-order valence-electron chi connectivity index (χ4n) is 5.31. The van der Waals surface area contributed by atoms with Crippen molar-refractivity contribution in [2.45, 2.75) is 53.0 Å². The monoisotopic (exact) mass is 474 g/mol. The van der Waals surface area contributed by atoms with Crippen LogP contribution in [0.4, 0.5) is 5.82 Å². The highest BCUT2D eigenvalue weighted by atomic mass is 16.1. The summed E-state index contributed by atoms with van der Waals surface area (Å²) in [5.41, 5.74) is 14.1. The molecule has 1 amide bonds. The van der Waals surface area contributed by atoms with E-state index in [1.54, 1.807) is 6.33 Å². The van der Waals surface area contributed by atoms with Crippen LogP contribution in [0, 0.1) is 13.8 Å². The number of hydrogen-bond acceptors (Lipinski definition) is 6. The summed E-state index contributed by atoms with van der Waals surface area (Å²) < 4.78 is 1.85. The minimum Gasteiger partial charge on any atom is -0.370 e. The van der Waals surface area contributed by atoms with Gasteiger partial charge in [-0.3, -0.25) is 9.69 Å². The van der Waals surface area contributed by atoms with E-state index >= 15 is 0 Å². The van der Waals surface area contributed by atoms with Gasteiger partial charge in [0.25, 0.3) is 0 Å². The number of carbonyl (C=O) groups is 1. The lowest BCUT2D eigenvalue weighted by atomic mass is 9.95. The maximum absolute atomic E-state index is 11.2. The predicted molar refractivity (Wildman–Crippen MR) is 139 cm³/mol. The molecule has 0 aromatic carbocycles.